The van der Waals surface area contributed by atoms with Gasteiger partial charge in [0.25, 0.3) is 16.8 Å². The number of carbonyl (C=O) groups is 2. The van der Waals surface area contributed by atoms with Gasteiger partial charge in [-0.3, -0.25) is 4.79 Å². The van der Waals surface area contributed by atoms with Crippen molar-refractivity contribution < 1.29 is 50.5 Å². The summed E-state index contributed by atoms with van der Waals surface area (Å²) in [6, 6.07) is 12.3. The van der Waals surface area contributed by atoms with E-state index >= 15 is 0 Å². The number of aromatic nitrogens is 2. The van der Waals surface area contributed by atoms with Gasteiger partial charge < -0.3 is 19.5 Å². The number of benzene rings is 2. The number of amides is 1. The zero-order chi connectivity index (χ0) is 32.9. The van der Waals surface area contributed by atoms with E-state index in [0.717, 1.165) is 40.4 Å². The predicted octanol–water partition coefficient (Wildman–Crippen LogP) is 4.32. The van der Waals surface area contributed by atoms with Crippen LogP contribution in [0.5, 0.6) is 0 Å². The average molecular weight is 643 g/mol. The number of likely N-dealkylation sites (N-methyl/N-ethyl adjacent to an activating group) is 1. The number of rotatable bonds is 11. The maximum absolute atomic E-state index is 13.5. The lowest BCUT2D eigenvalue weighted by molar-refractivity contribution is -0.721. The van der Waals surface area contributed by atoms with E-state index in [4.69, 9.17) is 4.74 Å². The van der Waals surface area contributed by atoms with Crippen LogP contribution in [0.2, 0.25) is 0 Å². The number of ether oxygens (including phenoxy) is 2. The summed E-state index contributed by atoms with van der Waals surface area (Å²) >= 11 is 0. The van der Waals surface area contributed by atoms with E-state index in [-0.39, 0.29) is 21.2 Å². The summed E-state index contributed by atoms with van der Waals surface area (Å²) < 4.78 is 78.2. The molecule has 0 spiro atoms. The monoisotopic (exact) mass is 642 g/mol. The van der Waals surface area contributed by atoms with Crippen LogP contribution < -0.4 is 4.72 Å². The van der Waals surface area contributed by atoms with E-state index < -0.39 is 52.9 Å². The first kappa shape index (κ1) is 33.6. The Kier molecular flexibility index (Phi) is 10.1. The van der Waals surface area contributed by atoms with Crippen molar-refractivity contribution >= 4 is 22.1 Å². The molecular formula is C26H29F3N6O8S. The van der Waals surface area contributed by atoms with Crippen molar-refractivity contribution in [2.75, 3.05) is 20.4 Å². The number of hydrogen-bond acceptors (Lipinski definition) is 10. The quantitative estimate of drug-likeness (QED) is 0.0794. The number of nitrogens with zero attached hydrogens (tertiary/aromatic N) is 5. The number of esters is 1. The molecule has 1 amide bonds. The maximum atomic E-state index is 13.5. The summed E-state index contributed by atoms with van der Waals surface area (Å²) in [5, 5.41) is 19.9. The molecule has 3 rings (SSSR count). The Bertz CT molecular complexity index is 1620. The Balaban J connectivity index is 1.71. The average Bonchev–Trinajstić information content (AvgIpc) is 3.40. The molecule has 44 heavy (non-hydrogen) atoms. The standard InChI is InChI=1S/C26H29F3N6O8S/c1-17-6-8-19(9-7-17)22-14-23(26(27,28)29)30-34(22)20-10-12-21(13-11-20)44(39,40)31-24(37)41-15-25(3,4)33(5)35(38)32-43-16-42-18(2)36/h6-14H,15-16H2,1-5H3,(H,31,37)/b35-32-. The molecule has 0 unspecified atom stereocenters. The Morgan fingerprint density at radius 3 is 2.27 bits per heavy atom. The number of sulfonamides is 1. The molecule has 0 aliphatic carbocycles. The molecule has 0 bridgehead atoms. The van der Waals surface area contributed by atoms with Gasteiger partial charge in [-0.15, -0.1) is 5.01 Å². The lowest BCUT2D eigenvalue weighted by atomic mass is 10.1. The molecule has 3 aromatic rings. The van der Waals surface area contributed by atoms with Gasteiger partial charge >= 0.3 is 18.2 Å². The summed E-state index contributed by atoms with van der Waals surface area (Å²) in [5.41, 5.74) is -0.734. The van der Waals surface area contributed by atoms with Crippen LogP contribution in [-0.2, 0) is 35.3 Å². The first-order valence-electron chi connectivity index (χ1n) is 12.6. The minimum absolute atomic E-state index is 0.00454. The normalized spacial score (nSPS) is 12.4. The van der Waals surface area contributed by atoms with Crippen molar-refractivity contribution in [3.63, 3.8) is 0 Å². The Hall–Kier alpha value is -4.87. The van der Waals surface area contributed by atoms with Crippen LogP contribution in [0.15, 0.2) is 64.8 Å². The molecule has 0 saturated carbocycles. The Morgan fingerprint density at radius 1 is 1.09 bits per heavy atom. The van der Waals surface area contributed by atoms with Crippen molar-refractivity contribution in [2.45, 2.75) is 44.3 Å². The molecule has 2 aromatic carbocycles. The fourth-order valence-electron chi connectivity index (χ4n) is 3.42. The highest BCUT2D eigenvalue weighted by molar-refractivity contribution is 7.90. The van der Waals surface area contributed by atoms with Crippen molar-refractivity contribution in [1.82, 2.24) is 19.5 Å². The lowest BCUT2D eigenvalue weighted by Gasteiger charge is -2.30. The van der Waals surface area contributed by atoms with Crippen molar-refractivity contribution in [2.24, 2.45) is 5.28 Å². The van der Waals surface area contributed by atoms with E-state index in [1.807, 2.05) is 6.92 Å². The number of halogens is 3. The smallest absolute Gasteiger partial charge is 0.435 e. The van der Waals surface area contributed by atoms with Gasteiger partial charge in [-0.2, -0.15) is 18.3 Å². The van der Waals surface area contributed by atoms with Crippen LogP contribution >= 0.6 is 0 Å². The summed E-state index contributed by atoms with van der Waals surface area (Å²) in [4.78, 5) is 27.2. The molecule has 0 radical (unpaired) electrons. The third kappa shape index (κ3) is 8.59. The van der Waals surface area contributed by atoms with Crippen LogP contribution in [0.25, 0.3) is 16.9 Å². The highest BCUT2D eigenvalue weighted by atomic mass is 32.2. The minimum Gasteiger partial charge on any atom is -0.569 e. The minimum atomic E-state index is -4.72. The van der Waals surface area contributed by atoms with Gasteiger partial charge in [-0.25, -0.2) is 22.6 Å². The molecule has 14 nitrogen and oxygen atoms in total. The number of carbonyl (C=O) groups excluding carboxylic acids is 2. The fraction of sp³-hybridized carbons (Fsp3) is 0.346. The molecule has 238 valence electrons. The van der Waals surface area contributed by atoms with E-state index in [1.54, 1.807) is 29.0 Å². The van der Waals surface area contributed by atoms with Crippen molar-refractivity contribution in [3.05, 3.63) is 71.1 Å². The van der Waals surface area contributed by atoms with Gasteiger partial charge in [0.15, 0.2) is 5.69 Å². The first-order chi connectivity index (χ1) is 20.4. The third-order valence-corrected chi connectivity index (χ3v) is 7.42. The zero-order valence-corrected chi connectivity index (χ0v) is 25.0. The Labute approximate surface area is 250 Å². The van der Waals surface area contributed by atoms with Gasteiger partial charge in [-0.1, -0.05) is 29.8 Å². The predicted molar refractivity (Wildman–Crippen MR) is 146 cm³/mol. The molecule has 0 aliphatic heterocycles. The number of hydrazine groups is 1. The molecule has 0 atom stereocenters. The van der Waals surface area contributed by atoms with Crippen LogP contribution in [0, 0.1) is 12.1 Å². The third-order valence-electron chi connectivity index (χ3n) is 6.09. The number of aryl methyl sites for hydroxylation is 1. The van der Waals surface area contributed by atoms with E-state index in [9.17, 15) is 36.4 Å². The second-order valence-corrected chi connectivity index (χ2v) is 11.6. The van der Waals surface area contributed by atoms with Gasteiger partial charge in [0.05, 0.1) is 28.3 Å². The number of nitrogens with one attached hydrogen (secondary N) is 1. The van der Waals surface area contributed by atoms with Gasteiger partial charge in [0.2, 0.25) is 5.28 Å². The molecule has 1 N–H and O–H groups in total. The molecule has 1 heterocycles. The highest BCUT2D eigenvalue weighted by Gasteiger charge is 2.36. The lowest BCUT2D eigenvalue weighted by Crippen LogP contribution is -2.49. The molecule has 18 heteroatoms. The largest absolute Gasteiger partial charge is 0.569 e. The van der Waals surface area contributed by atoms with Crippen LogP contribution in [-0.4, -0.2) is 66.2 Å². The molecule has 0 aliphatic rings. The zero-order valence-electron chi connectivity index (χ0n) is 24.2. The molecular weight excluding hydrogens is 613 g/mol. The van der Waals surface area contributed by atoms with Gasteiger partial charge in [-0.05, 0) is 51.1 Å². The molecule has 1 aromatic heterocycles. The number of alkyl halides is 3. The second kappa shape index (κ2) is 13.2. The van der Waals surface area contributed by atoms with Crippen molar-refractivity contribution in [3.8, 4) is 16.9 Å². The van der Waals surface area contributed by atoms with Crippen LogP contribution in [0.1, 0.15) is 32.0 Å². The second-order valence-electron chi connectivity index (χ2n) is 9.92. The SMILES string of the molecule is CC(=O)OCO/N=[N+](\[O-])N(C)C(C)(C)COC(=O)NS(=O)(=O)c1ccc(-n2nc(C(F)(F)F)cc2-c2ccc(C)cc2)cc1. The van der Waals surface area contributed by atoms with Gasteiger partial charge in [0, 0.05) is 12.5 Å². The van der Waals surface area contributed by atoms with Crippen molar-refractivity contribution in [1.29, 1.82) is 0 Å². The summed E-state index contributed by atoms with van der Waals surface area (Å²) in [6.45, 7) is 4.82. The molecule has 0 fully saturated rings. The summed E-state index contributed by atoms with van der Waals surface area (Å²) in [7, 11) is -3.19. The maximum Gasteiger partial charge on any atom is 0.435 e. The Morgan fingerprint density at radius 2 is 1.70 bits per heavy atom. The van der Waals surface area contributed by atoms with E-state index in [1.165, 1.54) is 33.0 Å². The first-order valence-corrected chi connectivity index (χ1v) is 14.1. The topological polar surface area (TPSA) is 167 Å². The molecule has 0 saturated heterocycles. The summed E-state index contributed by atoms with van der Waals surface area (Å²) in [6.07, 6.45) is -6.08. The summed E-state index contributed by atoms with van der Waals surface area (Å²) in [5.74, 6) is -0.652. The number of hydrogen-bond donors (Lipinski definition) is 1. The van der Waals surface area contributed by atoms with Crippen LogP contribution in [0.4, 0.5) is 18.0 Å². The van der Waals surface area contributed by atoms with Gasteiger partial charge in [0.1, 0.15) is 12.1 Å². The fourth-order valence-corrected chi connectivity index (χ4v) is 4.31. The van der Waals surface area contributed by atoms with E-state index in [2.05, 4.69) is 20.0 Å². The highest BCUT2D eigenvalue weighted by Crippen LogP contribution is 2.33. The van der Waals surface area contributed by atoms with E-state index in [0.29, 0.717) is 5.56 Å². The van der Waals surface area contributed by atoms with Crippen LogP contribution in [0.3, 0.4) is 0 Å².